The highest BCUT2D eigenvalue weighted by Crippen LogP contribution is 2.21. The van der Waals surface area contributed by atoms with Gasteiger partial charge in [0.15, 0.2) is 11.6 Å². The minimum absolute atomic E-state index is 0.0938. The predicted octanol–water partition coefficient (Wildman–Crippen LogP) is 3.98. The Balaban J connectivity index is 2.10. The van der Waals surface area contributed by atoms with Gasteiger partial charge in [-0.05, 0) is 38.5 Å². The molecule has 3 nitrogen and oxygen atoms in total. The molecule has 0 unspecified atom stereocenters. The third kappa shape index (κ3) is 3.01. The normalized spacial score (nSPS) is 10.7. The van der Waals surface area contributed by atoms with Crippen LogP contribution in [0.5, 0.6) is 0 Å². The zero-order valence-corrected chi connectivity index (χ0v) is 12.1. The zero-order valence-electron chi connectivity index (χ0n) is 11.3. The van der Waals surface area contributed by atoms with E-state index in [1.807, 2.05) is 13.0 Å². The molecular weight excluding hydrogens is 260 g/mol. The molecule has 0 aliphatic heterocycles. The summed E-state index contributed by atoms with van der Waals surface area (Å²) in [5.74, 6) is 0.979. The van der Waals surface area contributed by atoms with Crippen LogP contribution in [0.15, 0.2) is 22.6 Å². The number of hydrogen-bond donors (Lipinski definition) is 0. The van der Waals surface area contributed by atoms with Gasteiger partial charge in [-0.3, -0.25) is 9.59 Å². The average Bonchev–Trinajstić information content (AvgIpc) is 2.95. The first-order valence-corrected chi connectivity index (χ1v) is 7.05. The fourth-order valence-electron chi connectivity index (χ4n) is 1.95. The Bertz CT molecular complexity index is 619. The Hall–Kier alpha value is -1.68. The van der Waals surface area contributed by atoms with Gasteiger partial charge in [-0.2, -0.15) is 0 Å². The lowest BCUT2D eigenvalue weighted by molar-refractivity contribution is 0.0896. The maximum Gasteiger partial charge on any atom is 0.180 e. The van der Waals surface area contributed by atoms with Gasteiger partial charge in [0.2, 0.25) is 0 Å². The van der Waals surface area contributed by atoms with Gasteiger partial charge in [-0.1, -0.05) is 6.92 Å². The van der Waals surface area contributed by atoms with Crippen LogP contribution in [-0.4, -0.2) is 11.6 Å². The van der Waals surface area contributed by atoms with E-state index < -0.39 is 0 Å². The first kappa shape index (κ1) is 13.7. The molecule has 2 aromatic rings. The lowest BCUT2D eigenvalue weighted by Gasteiger charge is -1.97. The minimum Gasteiger partial charge on any atom is -0.466 e. The lowest BCUT2D eigenvalue weighted by atomic mass is 10.1. The van der Waals surface area contributed by atoms with Crippen molar-refractivity contribution in [2.75, 3.05) is 0 Å². The second-order valence-corrected chi connectivity index (χ2v) is 5.64. The number of hydrogen-bond acceptors (Lipinski definition) is 4. The van der Waals surface area contributed by atoms with Crippen molar-refractivity contribution in [3.05, 3.63) is 45.0 Å². The number of aryl methyl sites for hydroxylation is 3. The molecule has 0 aromatic carbocycles. The Labute approximate surface area is 116 Å². The second kappa shape index (κ2) is 5.53. The minimum atomic E-state index is -0.175. The summed E-state index contributed by atoms with van der Waals surface area (Å²) >= 11 is 1.46. The van der Waals surface area contributed by atoms with Crippen LogP contribution < -0.4 is 0 Å². The number of furan rings is 1. The summed E-state index contributed by atoms with van der Waals surface area (Å²) in [6.45, 7) is 5.58. The number of carbonyl (C=O) groups is 2. The molecule has 0 amide bonds. The van der Waals surface area contributed by atoms with Gasteiger partial charge in [-0.15, -0.1) is 11.3 Å². The predicted molar refractivity (Wildman–Crippen MR) is 75.2 cm³/mol. The molecule has 100 valence electrons. The van der Waals surface area contributed by atoms with E-state index in [4.69, 9.17) is 4.42 Å². The van der Waals surface area contributed by atoms with Gasteiger partial charge in [-0.25, -0.2) is 0 Å². The van der Waals surface area contributed by atoms with Crippen molar-refractivity contribution in [3.63, 3.8) is 0 Å². The lowest BCUT2D eigenvalue weighted by Crippen LogP contribution is -2.07. The molecule has 0 spiro atoms. The number of rotatable bonds is 5. The van der Waals surface area contributed by atoms with Crippen molar-refractivity contribution in [3.8, 4) is 0 Å². The summed E-state index contributed by atoms with van der Waals surface area (Å²) in [5.41, 5.74) is 0.512. The van der Waals surface area contributed by atoms with Crippen molar-refractivity contribution < 1.29 is 14.0 Å². The van der Waals surface area contributed by atoms with Crippen molar-refractivity contribution in [1.82, 2.24) is 0 Å². The van der Waals surface area contributed by atoms with Crippen LogP contribution in [0, 0.1) is 13.8 Å². The first-order chi connectivity index (χ1) is 9.01. The molecule has 4 heteroatoms. The van der Waals surface area contributed by atoms with Crippen molar-refractivity contribution in [2.24, 2.45) is 0 Å². The van der Waals surface area contributed by atoms with E-state index in [2.05, 4.69) is 0 Å². The molecule has 19 heavy (non-hydrogen) atoms. The molecule has 2 rings (SSSR count). The van der Waals surface area contributed by atoms with Crippen LogP contribution in [0.1, 0.15) is 49.8 Å². The fourth-order valence-corrected chi connectivity index (χ4v) is 2.84. The van der Waals surface area contributed by atoms with Crippen LogP contribution in [0.2, 0.25) is 0 Å². The summed E-state index contributed by atoms with van der Waals surface area (Å²) < 4.78 is 5.31. The van der Waals surface area contributed by atoms with Crippen molar-refractivity contribution >= 4 is 22.9 Å². The SMILES string of the molecule is CCc1ccc(C(=O)CC(=O)c2cc(C)oc2C)s1. The van der Waals surface area contributed by atoms with Gasteiger partial charge in [0.1, 0.15) is 11.5 Å². The van der Waals surface area contributed by atoms with E-state index in [1.54, 1.807) is 26.0 Å². The first-order valence-electron chi connectivity index (χ1n) is 6.23. The van der Waals surface area contributed by atoms with E-state index >= 15 is 0 Å². The third-order valence-corrected chi connectivity index (χ3v) is 4.22. The molecule has 0 N–H and O–H groups in total. The van der Waals surface area contributed by atoms with Crippen LogP contribution in [-0.2, 0) is 6.42 Å². The standard InChI is InChI=1S/C15H16O3S/c1-4-11-5-6-15(19-11)14(17)8-13(16)12-7-9(2)18-10(12)3/h5-7H,4,8H2,1-3H3. The molecule has 0 saturated heterocycles. The molecule has 0 atom stereocenters. The van der Waals surface area contributed by atoms with Crippen molar-refractivity contribution in [2.45, 2.75) is 33.6 Å². The Kier molecular flexibility index (Phi) is 4.00. The van der Waals surface area contributed by atoms with E-state index in [1.165, 1.54) is 11.3 Å². The van der Waals surface area contributed by atoms with Crippen LogP contribution in [0.3, 0.4) is 0 Å². The highest BCUT2D eigenvalue weighted by molar-refractivity contribution is 7.14. The van der Waals surface area contributed by atoms with Gasteiger partial charge in [0.25, 0.3) is 0 Å². The Morgan fingerprint density at radius 2 is 1.95 bits per heavy atom. The summed E-state index contributed by atoms with van der Waals surface area (Å²) in [5, 5.41) is 0. The van der Waals surface area contributed by atoms with Crippen molar-refractivity contribution in [1.29, 1.82) is 0 Å². The monoisotopic (exact) mass is 276 g/mol. The second-order valence-electron chi connectivity index (χ2n) is 4.47. The summed E-state index contributed by atoms with van der Waals surface area (Å²) in [4.78, 5) is 25.9. The van der Waals surface area contributed by atoms with Crippen LogP contribution >= 0.6 is 11.3 Å². The highest BCUT2D eigenvalue weighted by Gasteiger charge is 2.19. The Morgan fingerprint density at radius 3 is 2.47 bits per heavy atom. The van der Waals surface area contributed by atoms with Gasteiger partial charge < -0.3 is 4.42 Å². The van der Waals surface area contributed by atoms with Crippen LogP contribution in [0.4, 0.5) is 0 Å². The summed E-state index contributed by atoms with van der Waals surface area (Å²) in [6, 6.07) is 5.43. The average molecular weight is 276 g/mol. The highest BCUT2D eigenvalue weighted by atomic mass is 32.1. The van der Waals surface area contributed by atoms with E-state index in [9.17, 15) is 9.59 Å². The molecule has 0 aliphatic rings. The number of Topliss-reactive ketones (excluding diaryl/α,β-unsaturated/α-hetero) is 2. The number of ketones is 2. The molecule has 0 aliphatic carbocycles. The quantitative estimate of drug-likeness (QED) is 0.613. The molecule has 2 heterocycles. The largest absolute Gasteiger partial charge is 0.466 e. The summed E-state index contributed by atoms with van der Waals surface area (Å²) in [6.07, 6.45) is 0.815. The van der Waals surface area contributed by atoms with E-state index in [0.717, 1.165) is 11.3 Å². The molecule has 0 fully saturated rings. The van der Waals surface area contributed by atoms with E-state index in [0.29, 0.717) is 22.0 Å². The molecule has 0 bridgehead atoms. The fraction of sp³-hybridized carbons (Fsp3) is 0.333. The molecular formula is C15H16O3S. The number of carbonyl (C=O) groups excluding carboxylic acids is 2. The summed E-state index contributed by atoms with van der Waals surface area (Å²) in [7, 11) is 0. The Morgan fingerprint density at radius 1 is 1.21 bits per heavy atom. The van der Waals surface area contributed by atoms with Gasteiger partial charge >= 0.3 is 0 Å². The van der Waals surface area contributed by atoms with Crippen LogP contribution in [0.25, 0.3) is 0 Å². The zero-order chi connectivity index (χ0) is 14.0. The topological polar surface area (TPSA) is 47.3 Å². The van der Waals surface area contributed by atoms with E-state index in [-0.39, 0.29) is 18.0 Å². The third-order valence-electron chi connectivity index (χ3n) is 2.95. The molecule has 2 aromatic heterocycles. The maximum absolute atomic E-state index is 12.1. The van der Waals surface area contributed by atoms with Gasteiger partial charge in [0.05, 0.1) is 16.9 Å². The smallest absolute Gasteiger partial charge is 0.180 e. The van der Waals surface area contributed by atoms with Gasteiger partial charge in [0, 0.05) is 4.88 Å². The molecule has 0 saturated carbocycles. The number of thiophene rings is 1. The molecule has 0 radical (unpaired) electrons. The maximum atomic E-state index is 12.1.